The van der Waals surface area contributed by atoms with Gasteiger partial charge in [-0.2, -0.15) is 5.10 Å². The quantitative estimate of drug-likeness (QED) is 0.880. The van der Waals surface area contributed by atoms with Crippen LogP contribution in [-0.4, -0.2) is 47.1 Å². The normalized spacial score (nSPS) is 17.9. The third kappa shape index (κ3) is 3.29. The van der Waals surface area contributed by atoms with E-state index in [9.17, 15) is 13.2 Å². The van der Waals surface area contributed by atoms with E-state index in [1.807, 2.05) is 24.4 Å². The molecule has 4 rings (SSSR count). The van der Waals surface area contributed by atoms with Crippen LogP contribution in [-0.2, 0) is 14.8 Å². The van der Waals surface area contributed by atoms with Gasteiger partial charge in [0.2, 0.25) is 0 Å². The number of amidine groups is 1. The minimum absolute atomic E-state index is 0.0649. The van der Waals surface area contributed by atoms with Crippen molar-refractivity contribution in [3.8, 4) is 5.69 Å². The lowest BCUT2D eigenvalue weighted by Gasteiger charge is -2.26. The third-order valence-corrected chi connectivity index (χ3v) is 5.14. The molecule has 9 heteroatoms. The van der Waals surface area contributed by atoms with Crippen LogP contribution in [0.2, 0.25) is 0 Å². The smallest absolute Gasteiger partial charge is 0.257 e. The average molecular weight is 369 g/mol. The van der Waals surface area contributed by atoms with Crippen LogP contribution in [0.5, 0.6) is 0 Å². The van der Waals surface area contributed by atoms with Crippen molar-refractivity contribution >= 4 is 27.5 Å². The Hall–Kier alpha value is -3.20. The van der Waals surface area contributed by atoms with Gasteiger partial charge in [-0.15, -0.1) is 4.40 Å². The van der Waals surface area contributed by atoms with Crippen molar-refractivity contribution in [3.05, 3.63) is 66.7 Å². The predicted octanol–water partition coefficient (Wildman–Crippen LogP) is 1.31. The fraction of sp³-hybridized carbons (Fsp3) is 0.118. The Morgan fingerprint density at radius 3 is 2.69 bits per heavy atom. The van der Waals surface area contributed by atoms with Crippen molar-refractivity contribution in [1.82, 2.24) is 14.7 Å². The number of amides is 1. The topological polar surface area (TPSA) is 96.7 Å². The minimum Gasteiger partial charge on any atom is -0.330 e. The highest BCUT2D eigenvalue weighted by molar-refractivity contribution is 7.90. The number of fused-ring (bicyclic) bond motifs is 1. The molecule has 3 heterocycles. The Morgan fingerprint density at radius 1 is 1.15 bits per heavy atom. The number of sulfonamides is 1. The summed E-state index contributed by atoms with van der Waals surface area (Å²) in [4.78, 5) is 14.1. The second-order valence-electron chi connectivity index (χ2n) is 5.80. The Morgan fingerprint density at radius 2 is 1.96 bits per heavy atom. The molecular formula is C17H15N5O3S. The number of benzene rings is 1. The van der Waals surface area contributed by atoms with Gasteiger partial charge < -0.3 is 10.2 Å². The van der Waals surface area contributed by atoms with Gasteiger partial charge in [-0.05, 0) is 42.5 Å². The largest absolute Gasteiger partial charge is 0.330 e. The van der Waals surface area contributed by atoms with Crippen LogP contribution in [0.4, 0.5) is 5.69 Å². The fourth-order valence-electron chi connectivity index (χ4n) is 2.66. The first kappa shape index (κ1) is 16.3. The van der Waals surface area contributed by atoms with Gasteiger partial charge >= 0.3 is 0 Å². The number of aromatic nitrogens is 2. The average Bonchev–Trinajstić information content (AvgIpc) is 3.16. The molecule has 2 aromatic rings. The third-order valence-electron chi connectivity index (χ3n) is 3.98. The van der Waals surface area contributed by atoms with Gasteiger partial charge in [-0.1, -0.05) is 0 Å². The number of hydrogen-bond acceptors (Lipinski definition) is 5. The molecule has 0 aliphatic carbocycles. The lowest BCUT2D eigenvalue weighted by molar-refractivity contribution is -0.112. The van der Waals surface area contributed by atoms with Crippen molar-refractivity contribution in [1.29, 1.82) is 0 Å². The standard InChI is InChI=1S/C17H15N5O3S/c23-17(13-2-7-16-20-26(24,25)11-10-21(16)12-13)19-14-3-5-15(6-4-14)22-9-1-8-18-22/h1-9,12H,10-11H2,(H,19,23). The summed E-state index contributed by atoms with van der Waals surface area (Å²) >= 11 is 0. The molecule has 1 aromatic heterocycles. The lowest BCUT2D eigenvalue weighted by Crippen LogP contribution is -2.37. The molecule has 0 bridgehead atoms. The Labute approximate surface area is 150 Å². The number of carbonyl (C=O) groups is 1. The van der Waals surface area contributed by atoms with Crippen molar-refractivity contribution in [3.63, 3.8) is 0 Å². The van der Waals surface area contributed by atoms with Gasteiger partial charge in [0.05, 0.1) is 17.0 Å². The number of rotatable bonds is 3. The van der Waals surface area contributed by atoms with Crippen LogP contribution >= 0.6 is 0 Å². The monoisotopic (exact) mass is 369 g/mol. The summed E-state index contributed by atoms with van der Waals surface area (Å²) in [5.41, 5.74) is 1.97. The van der Waals surface area contributed by atoms with E-state index in [4.69, 9.17) is 0 Å². The summed E-state index contributed by atoms with van der Waals surface area (Å²) in [5, 5.41) is 6.97. The van der Waals surface area contributed by atoms with Crippen LogP contribution in [0.15, 0.2) is 71.0 Å². The highest BCUT2D eigenvalue weighted by Gasteiger charge is 2.24. The van der Waals surface area contributed by atoms with Crippen molar-refractivity contribution in [2.24, 2.45) is 4.40 Å². The zero-order chi connectivity index (χ0) is 18.1. The first-order valence-electron chi connectivity index (χ1n) is 7.91. The number of nitrogens with zero attached hydrogens (tertiary/aromatic N) is 4. The summed E-state index contributed by atoms with van der Waals surface area (Å²) in [6.07, 6.45) is 8.24. The van der Waals surface area contributed by atoms with Crippen LogP contribution in [0, 0.1) is 0 Å². The zero-order valence-electron chi connectivity index (χ0n) is 13.6. The molecule has 0 atom stereocenters. The van der Waals surface area contributed by atoms with Crippen molar-refractivity contribution < 1.29 is 13.2 Å². The van der Waals surface area contributed by atoms with E-state index in [2.05, 4.69) is 14.8 Å². The Bertz CT molecular complexity index is 1030. The molecule has 0 radical (unpaired) electrons. The van der Waals surface area contributed by atoms with Crippen molar-refractivity contribution in [2.45, 2.75) is 0 Å². The Kier molecular flexibility index (Phi) is 3.92. The fourth-order valence-corrected chi connectivity index (χ4v) is 3.63. The van der Waals surface area contributed by atoms with E-state index in [-0.39, 0.29) is 18.2 Å². The minimum atomic E-state index is -3.40. The maximum absolute atomic E-state index is 12.4. The van der Waals surface area contributed by atoms with Gasteiger partial charge in [0, 0.05) is 30.8 Å². The van der Waals surface area contributed by atoms with E-state index in [0.29, 0.717) is 17.1 Å². The first-order chi connectivity index (χ1) is 12.5. The summed E-state index contributed by atoms with van der Waals surface area (Å²) in [5.74, 6) is -0.0121. The maximum atomic E-state index is 12.4. The molecule has 2 aliphatic rings. The van der Waals surface area contributed by atoms with E-state index < -0.39 is 10.0 Å². The van der Waals surface area contributed by atoms with Crippen LogP contribution in [0.1, 0.15) is 0 Å². The highest BCUT2D eigenvalue weighted by atomic mass is 32.2. The molecule has 1 amide bonds. The van der Waals surface area contributed by atoms with Crippen LogP contribution in [0.25, 0.3) is 5.69 Å². The van der Waals surface area contributed by atoms with Gasteiger partial charge in [0.15, 0.2) is 0 Å². The molecule has 1 aromatic carbocycles. The molecule has 132 valence electrons. The molecular weight excluding hydrogens is 354 g/mol. The van der Waals surface area contributed by atoms with Crippen LogP contribution in [0.3, 0.4) is 0 Å². The zero-order valence-corrected chi connectivity index (χ0v) is 14.4. The first-order valence-corrected chi connectivity index (χ1v) is 9.52. The van der Waals surface area contributed by atoms with Gasteiger partial charge in [0.25, 0.3) is 15.9 Å². The van der Waals surface area contributed by atoms with E-state index in [1.54, 1.807) is 40.2 Å². The van der Waals surface area contributed by atoms with Crippen molar-refractivity contribution in [2.75, 3.05) is 17.6 Å². The lowest BCUT2D eigenvalue weighted by atomic mass is 10.1. The molecule has 1 N–H and O–H groups in total. The molecule has 2 aliphatic heterocycles. The molecule has 0 saturated carbocycles. The molecule has 0 fully saturated rings. The number of nitrogens with one attached hydrogen (secondary N) is 1. The van der Waals surface area contributed by atoms with E-state index >= 15 is 0 Å². The number of hydrogen-bond donors (Lipinski definition) is 1. The molecule has 0 spiro atoms. The van der Waals surface area contributed by atoms with Gasteiger partial charge in [-0.25, -0.2) is 13.1 Å². The summed E-state index contributed by atoms with van der Waals surface area (Å²) in [7, 11) is -3.40. The predicted molar refractivity (Wildman–Crippen MR) is 97.3 cm³/mol. The Balaban J connectivity index is 1.47. The highest BCUT2D eigenvalue weighted by Crippen LogP contribution is 2.18. The van der Waals surface area contributed by atoms with E-state index in [0.717, 1.165) is 5.69 Å². The summed E-state index contributed by atoms with van der Waals surface area (Å²) in [6, 6.07) is 9.13. The summed E-state index contributed by atoms with van der Waals surface area (Å²) in [6.45, 7) is 0.279. The van der Waals surface area contributed by atoms with Crippen LogP contribution < -0.4 is 5.32 Å². The molecule has 0 saturated heterocycles. The second-order valence-corrected chi connectivity index (χ2v) is 7.55. The summed E-state index contributed by atoms with van der Waals surface area (Å²) < 4.78 is 28.5. The van der Waals surface area contributed by atoms with Gasteiger partial charge in [-0.3, -0.25) is 4.79 Å². The number of carbonyl (C=O) groups excluding carboxylic acids is 1. The molecule has 26 heavy (non-hydrogen) atoms. The molecule has 0 unspecified atom stereocenters. The van der Waals surface area contributed by atoms with Gasteiger partial charge in [0.1, 0.15) is 5.84 Å². The van der Waals surface area contributed by atoms with E-state index in [1.165, 1.54) is 6.08 Å². The second kappa shape index (κ2) is 6.26. The maximum Gasteiger partial charge on any atom is 0.257 e. The SMILES string of the molecule is O=C(Nc1ccc(-n2cccn2)cc1)C1=CN2CCS(=O)(=O)N=C2C=C1. The molecule has 8 nitrogen and oxygen atoms in total. The number of anilines is 1.